The maximum Gasteiger partial charge on any atom is 0.254 e. The Hall–Kier alpha value is -3.41. The Labute approximate surface area is 179 Å². The summed E-state index contributed by atoms with van der Waals surface area (Å²) >= 11 is 0. The Kier molecular flexibility index (Phi) is 5.06. The number of halogens is 1. The van der Waals surface area contributed by atoms with Crippen molar-refractivity contribution in [3.8, 4) is 11.3 Å². The number of carbonyl (C=O) groups is 2. The summed E-state index contributed by atoms with van der Waals surface area (Å²) in [5, 5.41) is 3.00. The third-order valence-corrected chi connectivity index (χ3v) is 6.14. The first kappa shape index (κ1) is 19.5. The lowest BCUT2D eigenvalue weighted by Crippen LogP contribution is -2.35. The molecule has 0 spiro atoms. The van der Waals surface area contributed by atoms with E-state index in [1.54, 1.807) is 4.90 Å². The zero-order valence-electron chi connectivity index (χ0n) is 17.1. The van der Waals surface area contributed by atoms with E-state index >= 15 is 0 Å². The first-order chi connectivity index (χ1) is 15.1. The minimum absolute atomic E-state index is 0.0806. The topological polar surface area (TPSA) is 62.6 Å². The summed E-state index contributed by atoms with van der Waals surface area (Å²) < 4.78 is 19.2. The minimum Gasteiger partial charge on any atom is -0.461 e. The first-order valence-electron chi connectivity index (χ1n) is 10.6. The van der Waals surface area contributed by atoms with Gasteiger partial charge in [0.05, 0.1) is 0 Å². The molecule has 1 aliphatic carbocycles. The summed E-state index contributed by atoms with van der Waals surface area (Å²) in [5.74, 6) is 1.33. The van der Waals surface area contributed by atoms with Crippen LogP contribution in [0.4, 0.5) is 10.1 Å². The number of rotatable bonds is 4. The number of nitrogens with one attached hydrogen (secondary N) is 1. The number of nitrogens with zero attached hydrogens (tertiary/aromatic N) is 1. The van der Waals surface area contributed by atoms with Crippen LogP contribution in [-0.4, -0.2) is 23.3 Å². The van der Waals surface area contributed by atoms with Crippen LogP contribution < -0.4 is 5.32 Å². The van der Waals surface area contributed by atoms with Gasteiger partial charge in [-0.2, -0.15) is 0 Å². The molecule has 1 aliphatic heterocycles. The Morgan fingerprint density at radius 1 is 1.06 bits per heavy atom. The van der Waals surface area contributed by atoms with Crippen molar-refractivity contribution in [1.29, 1.82) is 0 Å². The molecule has 2 aliphatic rings. The Balaban J connectivity index is 1.31. The van der Waals surface area contributed by atoms with E-state index < -0.39 is 0 Å². The summed E-state index contributed by atoms with van der Waals surface area (Å²) in [6.45, 7) is 1.00. The molecule has 1 fully saturated rings. The standard InChI is InChI=1S/C25H23FN2O3/c26-20-9-7-17(8-10-20)25(30)28-12-11-22-19(15-28)14-23(31-22)18-5-2-6-21(13-18)27-24(29)16-3-1-4-16/h2,5-10,13-14,16H,1,3-4,11-12,15H2,(H,27,29). The molecule has 1 saturated carbocycles. The van der Waals surface area contributed by atoms with Gasteiger partial charge in [0.15, 0.2) is 0 Å². The van der Waals surface area contributed by atoms with Crippen molar-refractivity contribution >= 4 is 17.5 Å². The van der Waals surface area contributed by atoms with E-state index in [0.29, 0.717) is 25.1 Å². The molecule has 0 atom stereocenters. The van der Waals surface area contributed by atoms with Crippen molar-refractivity contribution in [3.05, 3.63) is 77.3 Å². The zero-order chi connectivity index (χ0) is 21.4. The molecular weight excluding hydrogens is 395 g/mol. The lowest BCUT2D eigenvalue weighted by molar-refractivity contribution is -0.122. The van der Waals surface area contributed by atoms with Crippen molar-refractivity contribution in [2.24, 2.45) is 5.92 Å². The second kappa shape index (κ2) is 8.02. The van der Waals surface area contributed by atoms with Gasteiger partial charge in [-0.25, -0.2) is 4.39 Å². The normalized spacial score (nSPS) is 15.8. The van der Waals surface area contributed by atoms with E-state index in [9.17, 15) is 14.0 Å². The van der Waals surface area contributed by atoms with Gasteiger partial charge in [0.1, 0.15) is 17.3 Å². The van der Waals surface area contributed by atoms with Crippen LogP contribution in [-0.2, 0) is 17.8 Å². The summed E-state index contributed by atoms with van der Waals surface area (Å²) in [6.07, 6.45) is 3.67. The summed E-state index contributed by atoms with van der Waals surface area (Å²) in [5.41, 5.74) is 3.10. The molecular formula is C25H23FN2O3. The van der Waals surface area contributed by atoms with Gasteiger partial charge in [-0.1, -0.05) is 18.6 Å². The predicted molar refractivity (Wildman–Crippen MR) is 115 cm³/mol. The SMILES string of the molecule is O=C(Nc1cccc(-c2cc3c(o2)CCN(C(=O)c2ccc(F)cc2)C3)c1)C1CCC1. The van der Waals surface area contributed by atoms with Crippen LogP contribution in [0.15, 0.2) is 59.0 Å². The molecule has 3 aromatic rings. The van der Waals surface area contributed by atoms with Crippen molar-refractivity contribution in [3.63, 3.8) is 0 Å². The van der Waals surface area contributed by atoms with Gasteiger partial charge in [-0.05, 0) is 55.3 Å². The van der Waals surface area contributed by atoms with Gasteiger partial charge in [-0.3, -0.25) is 9.59 Å². The number of hydrogen-bond acceptors (Lipinski definition) is 3. The van der Waals surface area contributed by atoms with E-state index in [1.165, 1.54) is 24.3 Å². The summed E-state index contributed by atoms with van der Waals surface area (Å²) in [6, 6.07) is 15.2. The molecule has 0 saturated heterocycles. The van der Waals surface area contributed by atoms with Gasteiger partial charge >= 0.3 is 0 Å². The fraction of sp³-hybridized carbons (Fsp3) is 0.280. The van der Waals surface area contributed by atoms with Crippen molar-refractivity contribution in [2.75, 3.05) is 11.9 Å². The Morgan fingerprint density at radius 3 is 2.61 bits per heavy atom. The van der Waals surface area contributed by atoms with E-state index in [1.807, 2.05) is 30.3 Å². The number of furan rings is 1. The summed E-state index contributed by atoms with van der Waals surface area (Å²) in [4.78, 5) is 26.8. The molecule has 2 heterocycles. The maximum atomic E-state index is 13.2. The molecule has 158 valence electrons. The smallest absolute Gasteiger partial charge is 0.254 e. The van der Waals surface area contributed by atoms with Gasteiger partial charge in [0.2, 0.25) is 5.91 Å². The summed E-state index contributed by atoms with van der Waals surface area (Å²) in [7, 11) is 0. The molecule has 1 N–H and O–H groups in total. The highest BCUT2D eigenvalue weighted by Gasteiger charge is 2.26. The zero-order valence-corrected chi connectivity index (χ0v) is 17.1. The predicted octanol–water partition coefficient (Wildman–Crippen LogP) is 5.02. The molecule has 6 heteroatoms. The average molecular weight is 418 g/mol. The molecule has 0 bridgehead atoms. The van der Waals surface area contributed by atoms with Crippen molar-refractivity contribution in [1.82, 2.24) is 4.90 Å². The maximum absolute atomic E-state index is 13.2. The number of amides is 2. The van der Waals surface area contributed by atoms with Crippen LogP contribution in [0.5, 0.6) is 0 Å². The first-order valence-corrected chi connectivity index (χ1v) is 10.6. The Bertz CT molecular complexity index is 1130. The fourth-order valence-corrected chi connectivity index (χ4v) is 4.09. The number of benzene rings is 2. The largest absolute Gasteiger partial charge is 0.461 e. The van der Waals surface area contributed by atoms with Crippen LogP contribution in [0.3, 0.4) is 0 Å². The van der Waals surface area contributed by atoms with Crippen molar-refractivity contribution < 1.29 is 18.4 Å². The number of hydrogen-bond donors (Lipinski definition) is 1. The van der Waals surface area contributed by atoms with Gasteiger partial charge in [-0.15, -0.1) is 0 Å². The molecule has 0 radical (unpaired) electrons. The molecule has 5 rings (SSSR count). The molecule has 0 unspecified atom stereocenters. The van der Waals surface area contributed by atoms with Gasteiger partial charge < -0.3 is 14.6 Å². The monoisotopic (exact) mass is 418 g/mol. The van der Waals surface area contributed by atoms with Crippen LogP contribution in [0.25, 0.3) is 11.3 Å². The van der Waals surface area contributed by atoms with Crippen LogP contribution in [0.1, 0.15) is 40.9 Å². The van der Waals surface area contributed by atoms with E-state index in [0.717, 1.165) is 47.6 Å². The number of fused-ring (bicyclic) bond motifs is 1. The van der Waals surface area contributed by atoms with E-state index in [-0.39, 0.29) is 23.5 Å². The third kappa shape index (κ3) is 3.98. The van der Waals surface area contributed by atoms with E-state index in [2.05, 4.69) is 5.32 Å². The second-order valence-electron chi connectivity index (χ2n) is 8.24. The van der Waals surface area contributed by atoms with Crippen LogP contribution in [0, 0.1) is 11.7 Å². The van der Waals surface area contributed by atoms with Gasteiger partial charge in [0.25, 0.3) is 5.91 Å². The third-order valence-electron chi connectivity index (χ3n) is 6.14. The number of carbonyl (C=O) groups excluding carboxylic acids is 2. The molecule has 2 aromatic carbocycles. The van der Waals surface area contributed by atoms with E-state index in [4.69, 9.17) is 4.42 Å². The highest BCUT2D eigenvalue weighted by Crippen LogP contribution is 2.32. The average Bonchev–Trinajstić information content (AvgIpc) is 3.16. The number of anilines is 1. The highest BCUT2D eigenvalue weighted by molar-refractivity contribution is 5.94. The molecule has 1 aromatic heterocycles. The molecule has 31 heavy (non-hydrogen) atoms. The minimum atomic E-state index is -0.358. The molecule has 2 amide bonds. The lowest BCUT2D eigenvalue weighted by atomic mass is 9.85. The highest BCUT2D eigenvalue weighted by atomic mass is 19.1. The van der Waals surface area contributed by atoms with Crippen LogP contribution >= 0.6 is 0 Å². The Morgan fingerprint density at radius 2 is 1.87 bits per heavy atom. The lowest BCUT2D eigenvalue weighted by Gasteiger charge is -2.26. The quantitative estimate of drug-likeness (QED) is 0.647. The van der Waals surface area contributed by atoms with Crippen molar-refractivity contribution in [2.45, 2.75) is 32.2 Å². The second-order valence-corrected chi connectivity index (χ2v) is 8.24. The molecule has 5 nitrogen and oxygen atoms in total. The van der Waals surface area contributed by atoms with Gasteiger partial charge in [0, 0.05) is 47.8 Å². The fourth-order valence-electron chi connectivity index (χ4n) is 4.09. The van der Waals surface area contributed by atoms with Crippen LogP contribution in [0.2, 0.25) is 0 Å².